The Hall–Kier alpha value is -2.02. The number of carbonyl (C=O) groups excluding carboxylic acids is 1. The van der Waals surface area contributed by atoms with Gasteiger partial charge in [-0.25, -0.2) is 4.79 Å². The largest absolute Gasteiger partial charge is 0.444 e. The molecule has 0 aromatic heterocycles. The molecule has 0 unspecified atom stereocenters. The minimum atomic E-state index is -0.499. The van der Waals surface area contributed by atoms with E-state index in [0.29, 0.717) is 5.56 Å². The first-order valence-corrected chi connectivity index (χ1v) is 6.72. The minimum absolute atomic E-state index is 0.0576. The number of rotatable bonds is 3. The molecule has 0 spiro atoms. The molecule has 0 fully saturated rings. The Bertz CT molecular complexity index is 495. The first kappa shape index (κ1) is 16.0. The van der Waals surface area contributed by atoms with Gasteiger partial charge in [0.2, 0.25) is 0 Å². The van der Waals surface area contributed by atoms with E-state index < -0.39 is 11.7 Å². The first-order valence-electron chi connectivity index (χ1n) is 6.72. The average molecular weight is 274 g/mol. The first-order chi connectivity index (χ1) is 9.23. The fourth-order valence-electron chi connectivity index (χ4n) is 1.77. The summed E-state index contributed by atoms with van der Waals surface area (Å²) in [6, 6.07) is 9.43. The highest BCUT2D eigenvalue weighted by Gasteiger charge is 2.21. The van der Waals surface area contributed by atoms with E-state index in [1.807, 2.05) is 46.8 Å². The van der Waals surface area contributed by atoms with Gasteiger partial charge in [-0.05, 0) is 45.4 Å². The molecule has 0 radical (unpaired) electrons. The molecule has 0 heterocycles. The molecule has 4 heteroatoms. The van der Waals surface area contributed by atoms with Crippen LogP contribution >= 0.6 is 0 Å². The van der Waals surface area contributed by atoms with Crippen LogP contribution in [0.4, 0.5) is 4.79 Å². The maximum absolute atomic E-state index is 11.7. The van der Waals surface area contributed by atoms with Gasteiger partial charge in [0.1, 0.15) is 5.60 Å². The third-order valence-electron chi connectivity index (χ3n) is 3.06. The minimum Gasteiger partial charge on any atom is -0.444 e. The lowest BCUT2D eigenvalue weighted by Gasteiger charge is -2.25. The monoisotopic (exact) mass is 274 g/mol. The highest BCUT2D eigenvalue weighted by molar-refractivity contribution is 5.68. The summed E-state index contributed by atoms with van der Waals surface area (Å²) in [4.78, 5) is 11.7. The topological polar surface area (TPSA) is 62.1 Å². The lowest BCUT2D eigenvalue weighted by molar-refractivity contribution is 0.0502. The van der Waals surface area contributed by atoms with Gasteiger partial charge >= 0.3 is 6.09 Å². The lowest BCUT2D eigenvalue weighted by atomic mass is 9.94. The number of hydrogen-bond acceptors (Lipinski definition) is 3. The van der Waals surface area contributed by atoms with Gasteiger partial charge in [0.15, 0.2) is 0 Å². The van der Waals surface area contributed by atoms with E-state index in [9.17, 15) is 4.79 Å². The summed E-state index contributed by atoms with van der Waals surface area (Å²) in [5.41, 5.74) is 1.21. The zero-order chi connectivity index (χ0) is 15.3. The SMILES string of the molecule is C[C@H](NC(=O)OC(C)(C)C)[C@@H](C)c1ccc(C#N)cc1. The molecule has 0 aliphatic heterocycles. The summed E-state index contributed by atoms with van der Waals surface area (Å²) in [5, 5.41) is 11.6. The van der Waals surface area contributed by atoms with Crippen LogP contribution in [0.5, 0.6) is 0 Å². The van der Waals surface area contributed by atoms with Crippen LogP contribution in [0.25, 0.3) is 0 Å². The van der Waals surface area contributed by atoms with Crippen LogP contribution in [0.2, 0.25) is 0 Å². The molecule has 1 rings (SSSR count). The van der Waals surface area contributed by atoms with Crippen LogP contribution < -0.4 is 5.32 Å². The van der Waals surface area contributed by atoms with Gasteiger partial charge in [0.25, 0.3) is 0 Å². The lowest BCUT2D eigenvalue weighted by Crippen LogP contribution is -2.40. The molecule has 0 saturated heterocycles. The average Bonchev–Trinajstić information content (AvgIpc) is 2.35. The van der Waals surface area contributed by atoms with Crippen LogP contribution in [0.15, 0.2) is 24.3 Å². The van der Waals surface area contributed by atoms with Gasteiger partial charge in [0.05, 0.1) is 11.6 Å². The molecule has 0 bridgehead atoms. The van der Waals surface area contributed by atoms with Crippen molar-refractivity contribution in [2.24, 2.45) is 0 Å². The molecule has 0 aliphatic carbocycles. The Morgan fingerprint density at radius 2 is 1.80 bits per heavy atom. The van der Waals surface area contributed by atoms with E-state index in [1.165, 1.54) is 0 Å². The Kier molecular flexibility index (Phi) is 5.15. The summed E-state index contributed by atoms with van der Waals surface area (Å²) < 4.78 is 5.24. The second kappa shape index (κ2) is 6.42. The van der Waals surface area contributed by atoms with Crippen molar-refractivity contribution in [1.82, 2.24) is 5.32 Å². The molecular weight excluding hydrogens is 252 g/mol. The van der Waals surface area contributed by atoms with Gasteiger partial charge < -0.3 is 10.1 Å². The zero-order valence-electron chi connectivity index (χ0n) is 12.7. The predicted molar refractivity (Wildman–Crippen MR) is 78.4 cm³/mol. The normalized spacial score (nSPS) is 14.0. The van der Waals surface area contributed by atoms with Crippen molar-refractivity contribution in [2.45, 2.75) is 52.2 Å². The van der Waals surface area contributed by atoms with Gasteiger partial charge in [-0.2, -0.15) is 5.26 Å². The van der Waals surface area contributed by atoms with Crippen LogP contribution in [0, 0.1) is 11.3 Å². The highest BCUT2D eigenvalue weighted by Crippen LogP contribution is 2.20. The van der Waals surface area contributed by atoms with Gasteiger partial charge in [-0.1, -0.05) is 19.1 Å². The summed E-state index contributed by atoms with van der Waals surface area (Å²) in [6.07, 6.45) is -0.412. The number of nitrogens with one attached hydrogen (secondary N) is 1. The second-order valence-corrected chi connectivity index (χ2v) is 5.96. The third-order valence-corrected chi connectivity index (χ3v) is 3.06. The number of alkyl carbamates (subject to hydrolysis) is 1. The Labute approximate surface area is 120 Å². The van der Waals surface area contributed by atoms with Crippen LogP contribution in [0.3, 0.4) is 0 Å². The zero-order valence-corrected chi connectivity index (χ0v) is 12.7. The molecule has 1 aromatic rings. The van der Waals surface area contributed by atoms with E-state index in [-0.39, 0.29) is 12.0 Å². The number of benzene rings is 1. The van der Waals surface area contributed by atoms with Crippen LogP contribution in [0.1, 0.15) is 51.7 Å². The van der Waals surface area contributed by atoms with Crippen LogP contribution in [-0.4, -0.2) is 17.7 Å². The van der Waals surface area contributed by atoms with Gasteiger partial charge in [-0.15, -0.1) is 0 Å². The number of ether oxygens (including phenoxy) is 1. The number of nitrogens with zero attached hydrogens (tertiary/aromatic N) is 1. The molecule has 108 valence electrons. The summed E-state index contributed by atoms with van der Waals surface area (Å²) in [7, 11) is 0. The van der Waals surface area contributed by atoms with E-state index in [1.54, 1.807) is 12.1 Å². The van der Waals surface area contributed by atoms with E-state index in [4.69, 9.17) is 10.00 Å². The molecule has 20 heavy (non-hydrogen) atoms. The van der Waals surface area contributed by atoms with Gasteiger partial charge in [-0.3, -0.25) is 0 Å². The fraction of sp³-hybridized carbons (Fsp3) is 0.500. The molecule has 0 aliphatic rings. The van der Waals surface area contributed by atoms with Crippen molar-refractivity contribution in [3.63, 3.8) is 0 Å². The number of carbonyl (C=O) groups is 1. The molecule has 1 N–H and O–H groups in total. The summed E-state index contributed by atoms with van der Waals surface area (Å²) >= 11 is 0. The quantitative estimate of drug-likeness (QED) is 0.916. The number of hydrogen-bond donors (Lipinski definition) is 1. The van der Waals surface area contributed by atoms with E-state index >= 15 is 0 Å². The van der Waals surface area contributed by atoms with Crippen molar-refractivity contribution in [2.75, 3.05) is 0 Å². The summed E-state index contributed by atoms with van der Waals surface area (Å²) in [6.45, 7) is 9.47. The summed E-state index contributed by atoms with van der Waals surface area (Å²) in [5.74, 6) is 0.135. The van der Waals surface area contributed by atoms with Crippen LogP contribution in [-0.2, 0) is 4.74 Å². The Morgan fingerprint density at radius 3 is 2.25 bits per heavy atom. The fourth-order valence-corrected chi connectivity index (χ4v) is 1.77. The van der Waals surface area contributed by atoms with E-state index in [0.717, 1.165) is 5.56 Å². The maximum Gasteiger partial charge on any atom is 0.407 e. The Balaban J connectivity index is 2.64. The predicted octanol–water partition coefficient (Wildman–Crippen LogP) is 3.57. The smallest absolute Gasteiger partial charge is 0.407 e. The molecule has 1 amide bonds. The second-order valence-electron chi connectivity index (χ2n) is 5.96. The number of nitriles is 1. The number of amides is 1. The van der Waals surface area contributed by atoms with Crippen molar-refractivity contribution < 1.29 is 9.53 Å². The van der Waals surface area contributed by atoms with Gasteiger partial charge in [0, 0.05) is 12.0 Å². The van der Waals surface area contributed by atoms with Crippen molar-refractivity contribution in [1.29, 1.82) is 5.26 Å². The highest BCUT2D eigenvalue weighted by atomic mass is 16.6. The van der Waals surface area contributed by atoms with Crippen molar-refractivity contribution >= 4 is 6.09 Å². The Morgan fingerprint density at radius 1 is 1.25 bits per heavy atom. The molecule has 4 nitrogen and oxygen atoms in total. The van der Waals surface area contributed by atoms with E-state index in [2.05, 4.69) is 11.4 Å². The van der Waals surface area contributed by atoms with Crippen molar-refractivity contribution in [3.8, 4) is 6.07 Å². The third kappa shape index (κ3) is 4.93. The van der Waals surface area contributed by atoms with Crippen molar-refractivity contribution in [3.05, 3.63) is 35.4 Å². The standard InChI is InChI=1S/C16H22N2O2/c1-11(14-8-6-13(10-17)7-9-14)12(2)18-15(19)20-16(3,4)5/h6-9,11-12H,1-5H3,(H,18,19)/t11-,12+/m1/s1. The molecule has 0 saturated carbocycles. The molecule has 1 aromatic carbocycles. The molecular formula is C16H22N2O2. The maximum atomic E-state index is 11.7. The molecule has 2 atom stereocenters.